The zero-order valence-electron chi connectivity index (χ0n) is 11.3. The van der Waals surface area contributed by atoms with Crippen molar-refractivity contribution < 1.29 is 9.53 Å². The van der Waals surface area contributed by atoms with Crippen LogP contribution in [0.15, 0.2) is 54.6 Å². The summed E-state index contributed by atoms with van der Waals surface area (Å²) in [7, 11) is 0. The first-order valence-corrected chi connectivity index (χ1v) is 6.44. The maximum absolute atomic E-state index is 11.0. The quantitative estimate of drug-likeness (QED) is 0.846. The van der Waals surface area contributed by atoms with Gasteiger partial charge in [0.05, 0.1) is 0 Å². The normalized spacial score (nSPS) is 12.2. The first-order valence-electron chi connectivity index (χ1n) is 6.44. The molecule has 3 nitrogen and oxygen atoms in total. The molecule has 0 aromatic heterocycles. The van der Waals surface area contributed by atoms with Gasteiger partial charge in [-0.3, -0.25) is 4.79 Å². The van der Waals surface area contributed by atoms with Crippen molar-refractivity contribution in [3.63, 3.8) is 0 Å². The predicted molar refractivity (Wildman–Crippen MR) is 81.1 cm³/mol. The molecule has 0 unspecified atom stereocenters. The molecule has 0 aliphatic rings. The molecule has 2 aromatic carbocycles. The lowest BCUT2D eigenvalue weighted by atomic mass is 10.1. The van der Waals surface area contributed by atoms with Crippen molar-refractivity contribution in [1.29, 1.82) is 0 Å². The largest absolute Gasteiger partial charge is 0.481 e. The highest BCUT2D eigenvalue weighted by Gasteiger charge is 2.09. The van der Waals surface area contributed by atoms with E-state index in [1.54, 1.807) is 13.0 Å². The van der Waals surface area contributed by atoms with Gasteiger partial charge in [0.2, 0.25) is 0 Å². The topological polar surface area (TPSA) is 52.3 Å². The van der Waals surface area contributed by atoms with Crippen LogP contribution in [0, 0.1) is 0 Å². The fourth-order valence-electron chi connectivity index (χ4n) is 1.71. The molecule has 102 valence electrons. The van der Waals surface area contributed by atoms with Crippen molar-refractivity contribution in [1.82, 2.24) is 0 Å². The monoisotopic (exact) mass is 267 g/mol. The van der Waals surface area contributed by atoms with Crippen molar-refractivity contribution in [3.05, 3.63) is 65.7 Å². The zero-order chi connectivity index (χ0) is 14.4. The van der Waals surface area contributed by atoms with E-state index in [0.717, 1.165) is 11.1 Å². The number of carbonyl (C=O) groups is 1. The third-order valence-corrected chi connectivity index (χ3v) is 2.84. The second kappa shape index (κ2) is 6.57. The number of nitrogens with two attached hydrogens (primary N) is 1. The number of hydrogen-bond donors (Lipinski definition) is 1. The van der Waals surface area contributed by atoms with E-state index in [1.807, 2.05) is 60.7 Å². The Morgan fingerprint density at radius 2 is 1.70 bits per heavy atom. The zero-order valence-corrected chi connectivity index (χ0v) is 11.3. The molecule has 2 aromatic rings. The Hall–Kier alpha value is -2.55. The van der Waals surface area contributed by atoms with Crippen LogP contribution in [0.4, 0.5) is 0 Å². The number of benzene rings is 2. The lowest BCUT2D eigenvalue weighted by Gasteiger charge is -2.11. The Kier molecular flexibility index (Phi) is 4.56. The van der Waals surface area contributed by atoms with Gasteiger partial charge < -0.3 is 10.5 Å². The summed E-state index contributed by atoms with van der Waals surface area (Å²) < 4.78 is 5.46. The molecule has 20 heavy (non-hydrogen) atoms. The first-order chi connectivity index (χ1) is 9.65. The number of ether oxygens (including phenoxy) is 1. The molecular formula is C17H17NO2. The van der Waals surface area contributed by atoms with Crippen LogP contribution in [0.5, 0.6) is 5.75 Å². The Bertz CT molecular complexity index is 605. The van der Waals surface area contributed by atoms with Crippen LogP contribution in [0.2, 0.25) is 0 Å². The van der Waals surface area contributed by atoms with Gasteiger partial charge in [0.25, 0.3) is 5.91 Å². The van der Waals surface area contributed by atoms with Gasteiger partial charge in [0.1, 0.15) is 5.75 Å². The summed E-state index contributed by atoms with van der Waals surface area (Å²) in [5.41, 5.74) is 7.31. The van der Waals surface area contributed by atoms with Crippen LogP contribution in [0.25, 0.3) is 12.2 Å². The van der Waals surface area contributed by atoms with Crippen molar-refractivity contribution in [3.8, 4) is 5.75 Å². The van der Waals surface area contributed by atoms with Crippen molar-refractivity contribution in [2.24, 2.45) is 5.73 Å². The molecular weight excluding hydrogens is 250 g/mol. The fraction of sp³-hybridized carbons (Fsp3) is 0.118. The second-order valence-electron chi connectivity index (χ2n) is 4.48. The molecule has 3 heteroatoms. The van der Waals surface area contributed by atoms with E-state index in [4.69, 9.17) is 10.5 Å². The van der Waals surface area contributed by atoms with Gasteiger partial charge in [-0.25, -0.2) is 0 Å². The Morgan fingerprint density at radius 1 is 1.05 bits per heavy atom. The standard InChI is InChI=1S/C17H17NO2/c1-13(17(18)19)20-16-9-5-8-15(12-16)11-10-14-6-3-2-4-7-14/h2-13H,1H3,(H2,18,19)/b11-10+/t13-/m1/s1. The molecule has 0 spiro atoms. The van der Waals surface area contributed by atoms with Crippen LogP contribution in [0.3, 0.4) is 0 Å². The lowest BCUT2D eigenvalue weighted by Crippen LogP contribution is -2.30. The number of hydrogen-bond acceptors (Lipinski definition) is 2. The van der Waals surface area contributed by atoms with Gasteiger partial charge in [0, 0.05) is 0 Å². The van der Waals surface area contributed by atoms with Crippen molar-refractivity contribution in [2.45, 2.75) is 13.0 Å². The molecule has 0 bridgehead atoms. The highest BCUT2D eigenvalue weighted by molar-refractivity contribution is 5.78. The maximum atomic E-state index is 11.0. The van der Waals surface area contributed by atoms with E-state index >= 15 is 0 Å². The van der Waals surface area contributed by atoms with Gasteiger partial charge in [-0.2, -0.15) is 0 Å². The molecule has 2 N–H and O–H groups in total. The summed E-state index contributed by atoms with van der Waals surface area (Å²) in [4.78, 5) is 11.0. The highest BCUT2D eigenvalue weighted by atomic mass is 16.5. The lowest BCUT2D eigenvalue weighted by molar-refractivity contribution is -0.123. The molecule has 2 rings (SSSR count). The molecule has 0 saturated carbocycles. The first kappa shape index (κ1) is 13.9. The summed E-state index contributed by atoms with van der Waals surface area (Å²) in [5.74, 6) is 0.154. The summed E-state index contributed by atoms with van der Waals surface area (Å²) in [5, 5.41) is 0. The van der Waals surface area contributed by atoms with E-state index in [2.05, 4.69) is 0 Å². The van der Waals surface area contributed by atoms with E-state index in [0.29, 0.717) is 5.75 Å². The minimum absolute atomic E-state index is 0.477. The van der Waals surface area contributed by atoms with Crippen molar-refractivity contribution >= 4 is 18.1 Å². The summed E-state index contributed by atoms with van der Waals surface area (Å²) in [6.07, 6.45) is 3.39. The van der Waals surface area contributed by atoms with Gasteiger partial charge in [0.15, 0.2) is 6.10 Å². The van der Waals surface area contributed by atoms with Crippen LogP contribution in [-0.2, 0) is 4.79 Å². The minimum atomic E-state index is -0.636. The van der Waals surface area contributed by atoms with E-state index in [1.165, 1.54) is 0 Å². The van der Waals surface area contributed by atoms with Gasteiger partial charge in [-0.15, -0.1) is 0 Å². The predicted octanol–water partition coefficient (Wildman–Crippen LogP) is 3.11. The average molecular weight is 267 g/mol. The van der Waals surface area contributed by atoms with Gasteiger partial charge >= 0.3 is 0 Å². The number of carbonyl (C=O) groups excluding carboxylic acids is 1. The third kappa shape index (κ3) is 3.99. The van der Waals surface area contributed by atoms with Gasteiger partial charge in [-0.1, -0.05) is 54.6 Å². The summed E-state index contributed by atoms with van der Waals surface area (Å²) in [6.45, 7) is 1.63. The second-order valence-corrected chi connectivity index (χ2v) is 4.48. The van der Waals surface area contributed by atoms with Crippen LogP contribution < -0.4 is 10.5 Å². The fourth-order valence-corrected chi connectivity index (χ4v) is 1.71. The number of primary amides is 1. The Balaban J connectivity index is 2.10. The Morgan fingerprint density at radius 3 is 2.40 bits per heavy atom. The van der Waals surface area contributed by atoms with Crippen LogP contribution in [-0.4, -0.2) is 12.0 Å². The van der Waals surface area contributed by atoms with Crippen LogP contribution >= 0.6 is 0 Å². The summed E-state index contributed by atoms with van der Waals surface area (Å²) >= 11 is 0. The molecule has 0 radical (unpaired) electrons. The molecule has 1 amide bonds. The SMILES string of the molecule is C[C@@H](Oc1cccc(/C=C/c2ccccc2)c1)C(N)=O. The molecule has 0 fully saturated rings. The number of amides is 1. The molecule has 0 saturated heterocycles. The third-order valence-electron chi connectivity index (χ3n) is 2.84. The van der Waals surface area contributed by atoms with E-state index in [9.17, 15) is 4.79 Å². The Labute approximate surface area is 118 Å². The van der Waals surface area contributed by atoms with E-state index in [-0.39, 0.29) is 0 Å². The molecule has 0 aliphatic heterocycles. The van der Waals surface area contributed by atoms with Crippen molar-refractivity contribution in [2.75, 3.05) is 0 Å². The smallest absolute Gasteiger partial charge is 0.258 e. The van der Waals surface area contributed by atoms with Gasteiger partial charge in [-0.05, 0) is 30.2 Å². The van der Waals surface area contributed by atoms with Crippen LogP contribution in [0.1, 0.15) is 18.1 Å². The number of rotatable bonds is 5. The maximum Gasteiger partial charge on any atom is 0.258 e. The molecule has 1 atom stereocenters. The highest BCUT2D eigenvalue weighted by Crippen LogP contribution is 2.17. The minimum Gasteiger partial charge on any atom is -0.481 e. The van der Waals surface area contributed by atoms with E-state index < -0.39 is 12.0 Å². The molecule has 0 heterocycles. The summed E-state index contributed by atoms with van der Waals surface area (Å²) in [6, 6.07) is 17.6. The average Bonchev–Trinajstić information content (AvgIpc) is 2.46. The molecule has 0 aliphatic carbocycles.